The van der Waals surface area contributed by atoms with E-state index in [0.29, 0.717) is 24.7 Å². The number of ether oxygens (including phenoxy) is 2. The summed E-state index contributed by atoms with van der Waals surface area (Å²) in [6.07, 6.45) is 1.70. The number of pyridine rings is 1. The predicted molar refractivity (Wildman–Crippen MR) is 81.9 cm³/mol. The molecule has 0 N–H and O–H groups in total. The van der Waals surface area contributed by atoms with Crippen molar-refractivity contribution in [3.8, 4) is 11.6 Å². The van der Waals surface area contributed by atoms with Crippen LogP contribution in [0.2, 0.25) is 0 Å². The first-order chi connectivity index (χ1) is 10.7. The van der Waals surface area contributed by atoms with E-state index in [-0.39, 0.29) is 18.6 Å². The molecule has 2 aromatic rings. The van der Waals surface area contributed by atoms with Crippen LogP contribution in [0.1, 0.15) is 5.56 Å². The summed E-state index contributed by atoms with van der Waals surface area (Å²) in [7, 11) is 0. The molecule has 0 unspecified atom stereocenters. The van der Waals surface area contributed by atoms with Gasteiger partial charge in [-0.3, -0.25) is 4.79 Å². The molecule has 0 aliphatic carbocycles. The Morgan fingerprint density at radius 2 is 2.00 bits per heavy atom. The zero-order chi connectivity index (χ0) is 15.4. The summed E-state index contributed by atoms with van der Waals surface area (Å²) in [5.41, 5.74) is 1.16. The van der Waals surface area contributed by atoms with E-state index in [1.807, 2.05) is 49.4 Å². The summed E-state index contributed by atoms with van der Waals surface area (Å²) in [4.78, 5) is 17.8. The summed E-state index contributed by atoms with van der Waals surface area (Å²) in [6, 6.07) is 13.2. The highest BCUT2D eigenvalue weighted by Crippen LogP contribution is 2.16. The molecule has 0 radical (unpaired) electrons. The van der Waals surface area contributed by atoms with Gasteiger partial charge in [-0.2, -0.15) is 0 Å². The second-order valence-electron chi connectivity index (χ2n) is 5.31. The molecule has 22 heavy (non-hydrogen) atoms. The zero-order valence-electron chi connectivity index (χ0n) is 12.4. The van der Waals surface area contributed by atoms with E-state index >= 15 is 0 Å². The number of aryl methyl sites for hydroxylation is 1. The van der Waals surface area contributed by atoms with Gasteiger partial charge in [-0.15, -0.1) is 0 Å². The number of aromatic nitrogens is 1. The van der Waals surface area contributed by atoms with Crippen molar-refractivity contribution < 1.29 is 14.3 Å². The van der Waals surface area contributed by atoms with Crippen molar-refractivity contribution in [2.45, 2.75) is 13.0 Å². The molecule has 2 heterocycles. The average Bonchev–Trinajstić information content (AvgIpc) is 2.50. The van der Waals surface area contributed by atoms with Gasteiger partial charge >= 0.3 is 0 Å². The van der Waals surface area contributed by atoms with Crippen LogP contribution in [-0.2, 0) is 4.79 Å². The van der Waals surface area contributed by atoms with Crippen LogP contribution in [0, 0.1) is 6.92 Å². The molecule has 114 valence electrons. The monoisotopic (exact) mass is 298 g/mol. The number of carbonyl (C=O) groups excluding carboxylic acids is 1. The van der Waals surface area contributed by atoms with Crippen LogP contribution in [0.15, 0.2) is 48.7 Å². The van der Waals surface area contributed by atoms with E-state index < -0.39 is 0 Å². The number of hydrogen-bond donors (Lipinski definition) is 0. The molecule has 1 aromatic heterocycles. The van der Waals surface area contributed by atoms with Gasteiger partial charge in [0.25, 0.3) is 5.91 Å². The molecular weight excluding hydrogens is 280 g/mol. The Kier molecular flexibility index (Phi) is 4.23. The molecule has 1 amide bonds. The second kappa shape index (κ2) is 6.47. The highest BCUT2D eigenvalue weighted by Gasteiger charge is 2.32. The molecule has 3 rings (SSSR count). The van der Waals surface area contributed by atoms with E-state index in [9.17, 15) is 4.79 Å². The van der Waals surface area contributed by atoms with Crippen molar-refractivity contribution in [1.29, 1.82) is 0 Å². The van der Waals surface area contributed by atoms with Gasteiger partial charge in [-0.25, -0.2) is 4.98 Å². The standard InChI is InChI=1S/C17H18N2O3/c1-13-5-7-14(8-6-13)21-12-17(20)19-10-15(11-19)22-16-4-2-3-9-18-16/h2-9,15H,10-12H2,1H3. The molecule has 1 saturated heterocycles. The highest BCUT2D eigenvalue weighted by atomic mass is 16.5. The van der Waals surface area contributed by atoms with Gasteiger partial charge < -0.3 is 14.4 Å². The largest absolute Gasteiger partial charge is 0.484 e. The molecule has 1 aliphatic heterocycles. The lowest BCUT2D eigenvalue weighted by Gasteiger charge is -2.38. The SMILES string of the molecule is Cc1ccc(OCC(=O)N2CC(Oc3ccccn3)C2)cc1. The Balaban J connectivity index is 1.41. The van der Waals surface area contributed by atoms with Crippen molar-refractivity contribution in [1.82, 2.24) is 9.88 Å². The van der Waals surface area contributed by atoms with Gasteiger partial charge in [0.15, 0.2) is 6.61 Å². The summed E-state index contributed by atoms with van der Waals surface area (Å²) in [5, 5.41) is 0. The minimum Gasteiger partial charge on any atom is -0.484 e. The molecule has 0 atom stereocenters. The minimum absolute atomic E-state index is 0.0122. The topological polar surface area (TPSA) is 51.7 Å². The summed E-state index contributed by atoms with van der Waals surface area (Å²) in [5.74, 6) is 1.28. The molecule has 0 bridgehead atoms. The van der Waals surface area contributed by atoms with Crippen LogP contribution in [0.5, 0.6) is 11.6 Å². The number of carbonyl (C=O) groups is 1. The van der Waals surface area contributed by atoms with Gasteiger partial charge in [0.1, 0.15) is 11.9 Å². The molecule has 5 heteroatoms. The van der Waals surface area contributed by atoms with Crippen molar-refractivity contribution in [2.75, 3.05) is 19.7 Å². The Morgan fingerprint density at radius 3 is 2.68 bits per heavy atom. The smallest absolute Gasteiger partial charge is 0.260 e. The van der Waals surface area contributed by atoms with Crippen molar-refractivity contribution >= 4 is 5.91 Å². The number of hydrogen-bond acceptors (Lipinski definition) is 4. The van der Waals surface area contributed by atoms with Crippen LogP contribution < -0.4 is 9.47 Å². The summed E-state index contributed by atoms with van der Waals surface area (Å²) < 4.78 is 11.1. The normalized spacial score (nSPS) is 14.3. The van der Waals surface area contributed by atoms with E-state index in [2.05, 4.69) is 4.98 Å². The average molecular weight is 298 g/mol. The molecule has 1 fully saturated rings. The van der Waals surface area contributed by atoms with E-state index in [4.69, 9.17) is 9.47 Å². The fourth-order valence-corrected chi connectivity index (χ4v) is 2.17. The lowest BCUT2D eigenvalue weighted by Crippen LogP contribution is -2.57. The Bertz CT molecular complexity index is 622. The van der Waals surface area contributed by atoms with E-state index in [1.54, 1.807) is 11.1 Å². The lowest BCUT2D eigenvalue weighted by molar-refractivity contribution is -0.142. The van der Waals surface area contributed by atoms with Gasteiger partial charge in [-0.05, 0) is 25.1 Å². The van der Waals surface area contributed by atoms with E-state index in [1.165, 1.54) is 0 Å². The van der Waals surface area contributed by atoms with Gasteiger partial charge in [0.05, 0.1) is 13.1 Å². The summed E-state index contributed by atoms with van der Waals surface area (Å²) in [6.45, 7) is 3.22. The molecule has 5 nitrogen and oxygen atoms in total. The van der Waals surface area contributed by atoms with Gasteiger partial charge in [-0.1, -0.05) is 23.8 Å². The molecule has 1 aliphatic rings. The fourth-order valence-electron chi connectivity index (χ4n) is 2.17. The van der Waals surface area contributed by atoms with Gasteiger partial charge in [0.2, 0.25) is 5.88 Å². The van der Waals surface area contributed by atoms with E-state index in [0.717, 1.165) is 5.56 Å². The fraction of sp³-hybridized carbons (Fsp3) is 0.294. The first-order valence-corrected chi connectivity index (χ1v) is 7.25. The molecule has 1 aromatic carbocycles. The number of likely N-dealkylation sites (tertiary alicyclic amines) is 1. The van der Waals surface area contributed by atoms with Crippen LogP contribution in [0.25, 0.3) is 0 Å². The van der Waals surface area contributed by atoms with Crippen LogP contribution in [-0.4, -0.2) is 41.6 Å². The quantitative estimate of drug-likeness (QED) is 0.848. The maximum absolute atomic E-state index is 12.0. The predicted octanol–water partition coefficient (Wildman–Crippen LogP) is 2.06. The van der Waals surface area contributed by atoms with Gasteiger partial charge in [0, 0.05) is 12.3 Å². The number of amides is 1. The molecule has 0 saturated carbocycles. The molecule has 0 spiro atoms. The van der Waals surface area contributed by atoms with Crippen LogP contribution in [0.3, 0.4) is 0 Å². The highest BCUT2D eigenvalue weighted by molar-refractivity contribution is 5.78. The van der Waals surface area contributed by atoms with Crippen molar-refractivity contribution in [3.05, 3.63) is 54.2 Å². The number of rotatable bonds is 5. The number of benzene rings is 1. The molecular formula is C17H18N2O3. The minimum atomic E-state index is -0.0264. The third-order valence-corrected chi connectivity index (χ3v) is 3.51. The van der Waals surface area contributed by atoms with Crippen molar-refractivity contribution in [3.63, 3.8) is 0 Å². The summed E-state index contributed by atoms with van der Waals surface area (Å²) >= 11 is 0. The first kappa shape index (κ1) is 14.4. The maximum Gasteiger partial charge on any atom is 0.260 e. The third kappa shape index (κ3) is 3.55. The zero-order valence-corrected chi connectivity index (χ0v) is 12.4. The second-order valence-corrected chi connectivity index (χ2v) is 5.31. The first-order valence-electron chi connectivity index (χ1n) is 7.25. The Hall–Kier alpha value is -2.56. The third-order valence-electron chi connectivity index (χ3n) is 3.51. The van der Waals surface area contributed by atoms with Crippen LogP contribution in [0.4, 0.5) is 0 Å². The van der Waals surface area contributed by atoms with Crippen LogP contribution >= 0.6 is 0 Å². The maximum atomic E-state index is 12.0. The lowest BCUT2D eigenvalue weighted by atomic mass is 10.1. The van der Waals surface area contributed by atoms with Crippen molar-refractivity contribution in [2.24, 2.45) is 0 Å². The Labute approximate surface area is 129 Å². The number of nitrogens with zero attached hydrogens (tertiary/aromatic N) is 2. The Morgan fingerprint density at radius 1 is 1.23 bits per heavy atom.